The van der Waals surface area contributed by atoms with Crippen LogP contribution in [-0.2, 0) is 0 Å². The standard InChI is InChI=1S/C11H14FNO/c12-10-3-1-2-9(5-10)11(14)4-8-6-13-7-8/h1-3,5,8,11,13-14H,4,6-7H2. The molecule has 0 aromatic heterocycles. The van der Waals surface area contributed by atoms with Gasteiger partial charge in [-0.1, -0.05) is 12.1 Å². The molecule has 0 aliphatic carbocycles. The number of benzene rings is 1. The average Bonchev–Trinajstić information content (AvgIpc) is 2.11. The van der Waals surface area contributed by atoms with E-state index in [4.69, 9.17) is 0 Å². The third kappa shape index (κ3) is 2.11. The number of aliphatic hydroxyl groups is 1. The molecule has 1 aliphatic heterocycles. The number of nitrogens with one attached hydrogen (secondary N) is 1. The highest BCUT2D eigenvalue weighted by Crippen LogP contribution is 2.23. The highest BCUT2D eigenvalue weighted by Gasteiger charge is 2.21. The van der Waals surface area contributed by atoms with Crippen molar-refractivity contribution in [3.8, 4) is 0 Å². The topological polar surface area (TPSA) is 32.3 Å². The molecule has 2 nitrogen and oxygen atoms in total. The summed E-state index contributed by atoms with van der Waals surface area (Å²) in [5.74, 6) is 0.251. The first-order valence-electron chi connectivity index (χ1n) is 4.90. The molecule has 1 heterocycles. The molecule has 1 unspecified atom stereocenters. The van der Waals surface area contributed by atoms with Crippen molar-refractivity contribution in [2.75, 3.05) is 13.1 Å². The summed E-state index contributed by atoms with van der Waals surface area (Å²) < 4.78 is 12.8. The predicted molar refractivity (Wildman–Crippen MR) is 52.3 cm³/mol. The summed E-state index contributed by atoms with van der Waals surface area (Å²) in [6.07, 6.45) is 0.189. The first kappa shape index (κ1) is 9.62. The average molecular weight is 195 g/mol. The summed E-state index contributed by atoms with van der Waals surface area (Å²) >= 11 is 0. The van der Waals surface area contributed by atoms with Crippen molar-refractivity contribution in [3.63, 3.8) is 0 Å². The minimum Gasteiger partial charge on any atom is -0.388 e. The third-order valence-electron chi connectivity index (χ3n) is 2.66. The van der Waals surface area contributed by atoms with Crippen LogP contribution in [0.5, 0.6) is 0 Å². The minimum absolute atomic E-state index is 0.284. The Labute approximate surface area is 82.8 Å². The van der Waals surface area contributed by atoms with E-state index in [1.807, 2.05) is 0 Å². The van der Waals surface area contributed by atoms with Crippen LogP contribution in [0.4, 0.5) is 4.39 Å². The molecule has 0 spiro atoms. The molecular formula is C11H14FNO. The molecule has 0 bridgehead atoms. The summed E-state index contributed by atoms with van der Waals surface area (Å²) in [5, 5.41) is 12.9. The molecular weight excluding hydrogens is 181 g/mol. The zero-order valence-electron chi connectivity index (χ0n) is 7.91. The van der Waals surface area contributed by atoms with E-state index < -0.39 is 6.10 Å². The lowest BCUT2D eigenvalue weighted by molar-refractivity contribution is 0.126. The Morgan fingerprint density at radius 3 is 2.86 bits per heavy atom. The van der Waals surface area contributed by atoms with E-state index in [-0.39, 0.29) is 5.82 Å². The fourth-order valence-corrected chi connectivity index (χ4v) is 1.68. The molecule has 1 fully saturated rings. The summed E-state index contributed by atoms with van der Waals surface area (Å²) in [6.45, 7) is 1.93. The van der Waals surface area contributed by atoms with Gasteiger partial charge in [-0.15, -0.1) is 0 Å². The quantitative estimate of drug-likeness (QED) is 0.765. The van der Waals surface area contributed by atoms with Gasteiger partial charge in [-0.05, 0) is 43.1 Å². The fraction of sp³-hybridized carbons (Fsp3) is 0.455. The van der Waals surface area contributed by atoms with Crippen LogP contribution >= 0.6 is 0 Å². The highest BCUT2D eigenvalue weighted by atomic mass is 19.1. The second kappa shape index (κ2) is 4.07. The fourth-order valence-electron chi connectivity index (χ4n) is 1.68. The van der Waals surface area contributed by atoms with E-state index >= 15 is 0 Å². The summed E-state index contributed by atoms with van der Waals surface area (Å²) in [5.41, 5.74) is 0.678. The summed E-state index contributed by atoms with van der Waals surface area (Å²) in [6, 6.07) is 6.19. The van der Waals surface area contributed by atoms with Crippen molar-refractivity contribution in [2.24, 2.45) is 5.92 Å². The maximum atomic E-state index is 12.8. The normalized spacial score (nSPS) is 19.0. The Morgan fingerprint density at radius 2 is 2.29 bits per heavy atom. The first-order valence-corrected chi connectivity index (χ1v) is 4.90. The van der Waals surface area contributed by atoms with Crippen molar-refractivity contribution in [2.45, 2.75) is 12.5 Å². The molecule has 1 aliphatic rings. The molecule has 2 rings (SSSR count). The molecule has 1 aromatic rings. The van der Waals surface area contributed by atoms with Crippen LogP contribution in [0.1, 0.15) is 18.1 Å². The van der Waals surface area contributed by atoms with Crippen molar-refractivity contribution < 1.29 is 9.50 Å². The van der Waals surface area contributed by atoms with E-state index in [9.17, 15) is 9.50 Å². The lowest BCUT2D eigenvalue weighted by atomic mass is 9.93. The smallest absolute Gasteiger partial charge is 0.123 e. The van der Waals surface area contributed by atoms with Crippen LogP contribution in [0.2, 0.25) is 0 Å². The van der Waals surface area contributed by atoms with E-state index in [0.29, 0.717) is 11.5 Å². The number of hydrogen-bond acceptors (Lipinski definition) is 2. The number of hydrogen-bond donors (Lipinski definition) is 2. The SMILES string of the molecule is OC(CC1CNC1)c1cccc(F)c1. The van der Waals surface area contributed by atoms with Gasteiger partial charge >= 0.3 is 0 Å². The Kier molecular flexibility index (Phi) is 2.79. The van der Waals surface area contributed by atoms with Gasteiger partial charge in [0.1, 0.15) is 5.82 Å². The molecule has 1 aromatic carbocycles. The molecule has 2 N–H and O–H groups in total. The van der Waals surface area contributed by atoms with Gasteiger partial charge in [0.15, 0.2) is 0 Å². The molecule has 76 valence electrons. The zero-order valence-corrected chi connectivity index (χ0v) is 7.91. The van der Waals surface area contributed by atoms with Gasteiger partial charge in [-0.3, -0.25) is 0 Å². The molecule has 3 heteroatoms. The largest absolute Gasteiger partial charge is 0.388 e. The van der Waals surface area contributed by atoms with Crippen molar-refractivity contribution in [1.82, 2.24) is 5.32 Å². The van der Waals surface area contributed by atoms with Gasteiger partial charge in [0.05, 0.1) is 6.10 Å². The highest BCUT2D eigenvalue weighted by molar-refractivity contribution is 5.18. The second-order valence-corrected chi connectivity index (χ2v) is 3.83. The molecule has 14 heavy (non-hydrogen) atoms. The molecule has 1 atom stereocenters. The maximum absolute atomic E-state index is 12.8. The lowest BCUT2D eigenvalue weighted by Gasteiger charge is -2.29. The predicted octanol–water partition coefficient (Wildman–Crippen LogP) is 1.47. The van der Waals surface area contributed by atoms with Gasteiger partial charge < -0.3 is 10.4 Å². The van der Waals surface area contributed by atoms with E-state index in [2.05, 4.69) is 5.32 Å². The molecule has 1 saturated heterocycles. The van der Waals surface area contributed by atoms with Gasteiger partial charge in [0, 0.05) is 0 Å². The van der Waals surface area contributed by atoms with Crippen molar-refractivity contribution >= 4 is 0 Å². The number of rotatable bonds is 3. The monoisotopic (exact) mass is 195 g/mol. The van der Waals surface area contributed by atoms with E-state index in [1.165, 1.54) is 12.1 Å². The number of aliphatic hydroxyl groups excluding tert-OH is 1. The Balaban J connectivity index is 1.98. The summed E-state index contributed by atoms with van der Waals surface area (Å²) in [7, 11) is 0. The van der Waals surface area contributed by atoms with Crippen LogP contribution in [0.15, 0.2) is 24.3 Å². The van der Waals surface area contributed by atoms with Crippen LogP contribution < -0.4 is 5.32 Å². The van der Waals surface area contributed by atoms with Crippen LogP contribution in [0.3, 0.4) is 0 Å². The molecule has 0 radical (unpaired) electrons. The van der Waals surface area contributed by atoms with Crippen LogP contribution in [0, 0.1) is 11.7 Å². The van der Waals surface area contributed by atoms with Gasteiger partial charge in [0.2, 0.25) is 0 Å². The Morgan fingerprint density at radius 1 is 1.50 bits per heavy atom. The molecule has 0 amide bonds. The third-order valence-corrected chi connectivity index (χ3v) is 2.66. The first-order chi connectivity index (χ1) is 6.75. The van der Waals surface area contributed by atoms with Gasteiger partial charge in [-0.2, -0.15) is 0 Å². The lowest BCUT2D eigenvalue weighted by Crippen LogP contribution is -2.42. The zero-order chi connectivity index (χ0) is 9.97. The molecule has 0 saturated carbocycles. The number of halogens is 1. The van der Waals surface area contributed by atoms with Crippen molar-refractivity contribution in [3.05, 3.63) is 35.6 Å². The Hall–Kier alpha value is -0.930. The van der Waals surface area contributed by atoms with Crippen molar-refractivity contribution in [1.29, 1.82) is 0 Å². The van der Waals surface area contributed by atoms with E-state index in [1.54, 1.807) is 12.1 Å². The van der Waals surface area contributed by atoms with Crippen LogP contribution in [-0.4, -0.2) is 18.2 Å². The minimum atomic E-state index is -0.530. The maximum Gasteiger partial charge on any atom is 0.123 e. The summed E-state index contributed by atoms with van der Waals surface area (Å²) in [4.78, 5) is 0. The second-order valence-electron chi connectivity index (χ2n) is 3.83. The van der Waals surface area contributed by atoms with Gasteiger partial charge in [0.25, 0.3) is 0 Å². The van der Waals surface area contributed by atoms with E-state index in [0.717, 1.165) is 19.5 Å². The van der Waals surface area contributed by atoms with Gasteiger partial charge in [-0.25, -0.2) is 4.39 Å². The Bertz CT molecular complexity index is 312. The van der Waals surface area contributed by atoms with Crippen LogP contribution in [0.25, 0.3) is 0 Å².